The third kappa shape index (κ3) is 5.53. The Morgan fingerprint density at radius 2 is 1.92 bits per heavy atom. The highest BCUT2D eigenvalue weighted by Crippen LogP contribution is 2.19. The van der Waals surface area contributed by atoms with Crippen LogP contribution in [-0.2, 0) is 0 Å². The van der Waals surface area contributed by atoms with Crippen LogP contribution >= 0.6 is 0 Å². The van der Waals surface area contributed by atoms with Gasteiger partial charge in [0.25, 0.3) is 5.91 Å². The lowest BCUT2D eigenvalue weighted by atomic mass is 10.1. The number of rotatable bonds is 7. The fraction of sp³-hybridized carbons (Fsp3) is 0.421. The zero-order valence-corrected chi connectivity index (χ0v) is 15.7. The van der Waals surface area contributed by atoms with Crippen molar-refractivity contribution >= 4 is 17.5 Å². The zero-order chi connectivity index (χ0) is 18.4. The number of benzene rings is 1. The smallest absolute Gasteiger partial charge is 0.274 e. The third-order valence-corrected chi connectivity index (χ3v) is 4.00. The van der Waals surface area contributed by atoms with Crippen LogP contribution in [0.4, 0.5) is 11.6 Å². The lowest BCUT2D eigenvalue weighted by Gasteiger charge is -2.12. The average Bonchev–Trinajstić information content (AvgIpc) is 2.55. The fourth-order valence-electron chi connectivity index (χ4n) is 2.43. The summed E-state index contributed by atoms with van der Waals surface area (Å²) in [7, 11) is 4.08. The molecule has 0 aliphatic rings. The molecule has 0 bridgehead atoms. The summed E-state index contributed by atoms with van der Waals surface area (Å²) < 4.78 is 0. The predicted octanol–water partition coefficient (Wildman–Crippen LogP) is 3.02. The number of hydrogen-bond acceptors (Lipinski definition) is 5. The number of nitrogens with one attached hydrogen (secondary N) is 2. The summed E-state index contributed by atoms with van der Waals surface area (Å²) in [6, 6.07) is 7.55. The van der Waals surface area contributed by atoms with Gasteiger partial charge in [-0.05, 0) is 71.1 Å². The van der Waals surface area contributed by atoms with Gasteiger partial charge in [0, 0.05) is 17.9 Å². The van der Waals surface area contributed by atoms with Crippen molar-refractivity contribution in [2.24, 2.45) is 0 Å². The molecule has 0 atom stereocenters. The molecule has 1 aromatic carbocycles. The Morgan fingerprint density at radius 1 is 1.16 bits per heavy atom. The molecule has 0 spiro atoms. The van der Waals surface area contributed by atoms with E-state index in [9.17, 15) is 4.79 Å². The molecule has 6 nitrogen and oxygen atoms in total. The number of carbonyl (C=O) groups excluding carboxylic acids is 1. The van der Waals surface area contributed by atoms with Crippen molar-refractivity contribution in [1.29, 1.82) is 0 Å². The van der Waals surface area contributed by atoms with Gasteiger partial charge in [-0.15, -0.1) is 0 Å². The third-order valence-electron chi connectivity index (χ3n) is 4.00. The van der Waals surface area contributed by atoms with E-state index < -0.39 is 0 Å². The molecule has 0 aliphatic carbocycles. The highest BCUT2D eigenvalue weighted by atomic mass is 16.1. The van der Waals surface area contributed by atoms with E-state index in [0.29, 0.717) is 11.6 Å². The first kappa shape index (κ1) is 18.9. The van der Waals surface area contributed by atoms with Gasteiger partial charge >= 0.3 is 0 Å². The summed E-state index contributed by atoms with van der Waals surface area (Å²) in [5, 5.41) is 6.13. The molecule has 25 heavy (non-hydrogen) atoms. The molecule has 1 aromatic heterocycles. The predicted molar refractivity (Wildman–Crippen MR) is 102 cm³/mol. The molecule has 0 unspecified atom stereocenters. The van der Waals surface area contributed by atoms with Crippen molar-refractivity contribution in [2.75, 3.05) is 37.8 Å². The average molecular weight is 341 g/mol. The van der Waals surface area contributed by atoms with Gasteiger partial charge in [-0.25, -0.2) is 9.97 Å². The van der Waals surface area contributed by atoms with Crippen LogP contribution in [0.2, 0.25) is 0 Å². The van der Waals surface area contributed by atoms with Crippen LogP contribution in [0.1, 0.15) is 33.7 Å². The number of amides is 1. The van der Waals surface area contributed by atoms with Crippen molar-refractivity contribution in [3.8, 4) is 0 Å². The molecule has 134 valence electrons. The maximum atomic E-state index is 12.6. The molecular weight excluding hydrogens is 314 g/mol. The van der Waals surface area contributed by atoms with Crippen LogP contribution in [-0.4, -0.2) is 48.0 Å². The largest absolute Gasteiger partial charge is 0.354 e. The van der Waals surface area contributed by atoms with Crippen molar-refractivity contribution in [3.05, 3.63) is 46.8 Å². The molecule has 2 rings (SSSR count). The van der Waals surface area contributed by atoms with Crippen LogP contribution in [0, 0.1) is 20.8 Å². The fourth-order valence-corrected chi connectivity index (χ4v) is 2.43. The molecule has 0 saturated heterocycles. The van der Waals surface area contributed by atoms with Crippen LogP contribution in [0.5, 0.6) is 0 Å². The van der Waals surface area contributed by atoms with E-state index in [1.165, 1.54) is 0 Å². The normalized spacial score (nSPS) is 10.8. The Labute approximate surface area is 149 Å². The van der Waals surface area contributed by atoms with Gasteiger partial charge in [-0.2, -0.15) is 0 Å². The van der Waals surface area contributed by atoms with E-state index in [4.69, 9.17) is 0 Å². The van der Waals surface area contributed by atoms with Crippen molar-refractivity contribution in [3.63, 3.8) is 0 Å². The second-order valence-corrected chi connectivity index (χ2v) is 6.50. The van der Waals surface area contributed by atoms with E-state index >= 15 is 0 Å². The maximum Gasteiger partial charge on any atom is 0.274 e. The summed E-state index contributed by atoms with van der Waals surface area (Å²) in [4.78, 5) is 23.4. The van der Waals surface area contributed by atoms with E-state index in [-0.39, 0.29) is 5.91 Å². The van der Waals surface area contributed by atoms with Crippen LogP contribution in [0.15, 0.2) is 24.3 Å². The number of aromatic nitrogens is 2. The van der Waals surface area contributed by atoms with Crippen molar-refractivity contribution in [1.82, 2.24) is 14.9 Å². The van der Waals surface area contributed by atoms with Gasteiger partial charge in [-0.3, -0.25) is 4.79 Å². The van der Waals surface area contributed by atoms with Crippen LogP contribution in [0.25, 0.3) is 0 Å². The Kier molecular flexibility index (Phi) is 6.47. The number of nitrogens with zero attached hydrogens (tertiary/aromatic N) is 3. The molecule has 0 radical (unpaired) electrons. The van der Waals surface area contributed by atoms with Gasteiger partial charge < -0.3 is 15.5 Å². The molecule has 1 heterocycles. The summed E-state index contributed by atoms with van der Waals surface area (Å²) in [5.74, 6) is 0.264. The maximum absolute atomic E-state index is 12.6. The SMILES string of the molecule is Cc1cc(C(=O)Nc2cccc(C)c2C)nc(NCCCN(C)C)n1. The number of aryl methyl sites for hydroxylation is 2. The second kappa shape index (κ2) is 8.58. The summed E-state index contributed by atoms with van der Waals surface area (Å²) >= 11 is 0. The number of carbonyl (C=O) groups is 1. The molecule has 0 aliphatic heterocycles. The highest BCUT2D eigenvalue weighted by molar-refractivity contribution is 6.03. The lowest BCUT2D eigenvalue weighted by Crippen LogP contribution is -2.19. The molecule has 6 heteroatoms. The first-order chi connectivity index (χ1) is 11.9. The Bertz CT molecular complexity index is 743. The molecule has 0 saturated carbocycles. The Hall–Kier alpha value is -2.47. The van der Waals surface area contributed by atoms with Gasteiger partial charge in [0.2, 0.25) is 5.95 Å². The minimum absolute atomic E-state index is 0.226. The Balaban J connectivity index is 2.07. The monoisotopic (exact) mass is 341 g/mol. The standard InChI is InChI=1S/C19H27N5O/c1-13-8-6-9-16(15(13)3)22-18(25)17-12-14(2)21-19(23-17)20-10-7-11-24(4)5/h6,8-9,12H,7,10-11H2,1-5H3,(H,22,25)(H,20,21,23). The summed E-state index contributed by atoms with van der Waals surface area (Å²) in [6.45, 7) is 7.63. The van der Waals surface area contributed by atoms with E-state index in [0.717, 1.165) is 42.0 Å². The van der Waals surface area contributed by atoms with Crippen molar-refractivity contribution in [2.45, 2.75) is 27.2 Å². The van der Waals surface area contributed by atoms with E-state index in [1.54, 1.807) is 6.07 Å². The highest BCUT2D eigenvalue weighted by Gasteiger charge is 2.12. The van der Waals surface area contributed by atoms with Crippen molar-refractivity contribution < 1.29 is 4.79 Å². The van der Waals surface area contributed by atoms with Crippen LogP contribution in [0.3, 0.4) is 0 Å². The van der Waals surface area contributed by atoms with Gasteiger partial charge in [-0.1, -0.05) is 12.1 Å². The molecule has 1 amide bonds. The second-order valence-electron chi connectivity index (χ2n) is 6.50. The summed E-state index contributed by atoms with van der Waals surface area (Å²) in [6.07, 6.45) is 0.980. The summed E-state index contributed by atoms with van der Waals surface area (Å²) in [5.41, 5.74) is 4.13. The number of hydrogen-bond donors (Lipinski definition) is 2. The zero-order valence-electron chi connectivity index (χ0n) is 15.7. The lowest BCUT2D eigenvalue weighted by molar-refractivity contribution is 0.102. The van der Waals surface area contributed by atoms with E-state index in [1.807, 2.05) is 53.1 Å². The first-order valence-corrected chi connectivity index (χ1v) is 8.48. The van der Waals surface area contributed by atoms with Crippen LogP contribution < -0.4 is 10.6 Å². The van der Waals surface area contributed by atoms with Gasteiger partial charge in [0.1, 0.15) is 5.69 Å². The van der Waals surface area contributed by atoms with Gasteiger partial charge in [0.05, 0.1) is 0 Å². The van der Waals surface area contributed by atoms with E-state index in [2.05, 4.69) is 25.5 Å². The quantitative estimate of drug-likeness (QED) is 0.758. The Morgan fingerprint density at radius 3 is 2.64 bits per heavy atom. The molecular formula is C19H27N5O. The number of anilines is 2. The molecule has 2 aromatic rings. The molecule has 0 fully saturated rings. The first-order valence-electron chi connectivity index (χ1n) is 8.48. The topological polar surface area (TPSA) is 70.2 Å². The molecule has 2 N–H and O–H groups in total. The minimum atomic E-state index is -0.226. The minimum Gasteiger partial charge on any atom is -0.354 e. The van der Waals surface area contributed by atoms with Gasteiger partial charge in [0.15, 0.2) is 0 Å².